The first-order valence-corrected chi connectivity index (χ1v) is 6.51. The summed E-state index contributed by atoms with van der Waals surface area (Å²) in [5.41, 5.74) is 3.80. The summed E-state index contributed by atoms with van der Waals surface area (Å²) in [6, 6.07) is 15.8. The molecule has 0 bridgehead atoms. The van der Waals surface area contributed by atoms with Gasteiger partial charge in [0.25, 0.3) is 0 Å². The van der Waals surface area contributed by atoms with E-state index in [0.29, 0.717) is 0 Å². The van der Waals surface area contributed by atoms with Gasteiger partial charge in [0.1, 0.15) is 0 Å². The van der Waals surface area contributed by atoms with Gasteiger partial charge in [-0.25, -0.2) is 9.97 Å². The van der Waals surface area contributed by atoms with Gasteiger partial charge in [-0.15, -0.1) is 0 Å². The number of nitrogens with zero attached hydrogens (tertiary/aromatic N) is 2. The smallest absolute Gasteiger partial charge is 0.0894 e. The molecule has 0 aliphatic carbocycles. The molecule has 0 aliphatic rings. The predicted molar refractivity (Wildman–Crippen MR) is 71.9 cm³/mol. The number of rotatable bonds is 0. The lowest BCUT2D eigenvalue weighted by molar-refractivity contribution is 1.39. The van der Waals surface area contributed by atoms with Crippen molar-refractivity contribution in [3.63, 3.8) is 0 Å². The molecule has 0 saturated carbocycles. The van der Waals surface area contributed by atoms with E-state index in [2.05, 4.69) is 25.9 Å². The van der Waals surface area contributed by atoms with Crippen LogP contribution in [0.1, 0.15) is 0 Å². The molecule has 0 fully saturated rings. The quantitative estimate of drug-likeness (QED) is 0.460. The first-order chi connectivity index (χ1) is 7.93. The van der Waals surface area contributed by atoms with Crippen LogP contribution in [-0.2, 0) is 0 Å². The fourth-order valence-electron chi connectivity index (χ4n) is 1.57. The van der Waals surface area contributed by atoms with Crippen molar-refractivity contribution in [3.8, 4) is 0 Å². The maximum absolute atomic E-state index is 4.52. The molecule has 0 unspecified atom stereocenters. The number of para-hydroxylation sites is 4. The standard InChI is InChI=1S/C12H8N2.CH3Br/c1-2-6-10-9(5-1)13-11-7-3-4-8-12(11)14-10;1-2/h1-8H;1H3. The molecule has 1 aromatic heterocycles. The van der Waals surface area contributed by atoms with Crippen LogP contribution in [0.3, 0.4) is 0 Å². The van der Waals surface area contributed by atoms with Crippen LogP contribution in [0.25, 0.3) is 22.1 Å². The number of alkyl halides is 1. The Labute approximate surface area is 102 Å². The van der Waals surface area contributed by atoms with Crippen LogP contribution in [0.15, 0.2) is 48.5 Å². The summed E-state index contributed by atoms with van der Waals surface area (Å²) < 4.78 is 0. The second-order valence-corrected chi connectivity index (χ2v) is 3.20. The molecule has 3 heteroatoms. The molecule has 0 saturated heterocycles. The lowest BCUT2D eigenvalue weighted by atomic mass is 10.2. The minimum Gasteiger partial charge on any atom is -0.245 e. The van der Waals surface area contributed by atoms with Crippen LogP contribution in [0.2, 0.25) is 0 Å². The number of fused-ring (bicyclic) bond motifs is 2. The Bertz CT molecular complexity index is 503. The van der Waals surface area contributed by atoms with Crippen molar-refractivity contribution in [2.75, 3.05) is 5.83 Å². The molecule has 0 atom stereocenters. The Morgan fingerprint density at radius 2 is 0.875 bits per heavy atom. The predicted octanol–water partition coefficient (Wildman–Crippen LogP) is 3.79. The van der Waals surface area contributed by atoms with Gasteiger partial charge in [0.15, 0.2) is 0 Å². The number of aromatic nitrogens is 2. The number of halogens is 1. The highest BCUT2D eigenvalue weighted by Crippen LogP contribution is 2.14. The van der Waals surface area contributed by atoms with E-state index in [-0.39, 0.29) is 0 Å². The molecule has 1 heterocycles. The normalized spacial score (nSPS) is 9.88. The Hall–Kier alpha value is -1.48. The first-order valence-electron chi connectivity index (χ1n) is 4.93. The van der Waals surface area contributed by atoms with Gasteiger partial charge in [-0.2, -0.15) is 0 Å². The van der Waals surface area contributed by atoms with Gasteiger partial charge in [0.2, 0.25) is 0 Å². The zero-order valence-electron chi connectivity index (χ0n) is 8.89. The number of benzene rings is 2. The molecule has 0 spiro atoms. The van der Waals surface area contributed by atoms with Gasteiger partial charge >= 0.3 is 0 Å². The summed E-state index contributed by atoms with van der Waals surface area (Å²) in [6.07, 6.45) is 0. The fourth-order valence-corrected chi connectivity index (χ4v) is 1.57. The van der Waals surface area contributed by atoms with Crippen LogP contribution in [0.5, 0.6) is 0 Å². The van der Waals surface area contributed by atoms with Gasteiger partial charge in [0, 0.05) is 0 Å². The zero-order chi connectivity index (χ0) is 11.4. The Morgan fingerprint density at radius 3 is 1.12 bits per heavy atom. The lowest BCUT2D eigenvalue weighted by Gasteiger charge is -1.98. The van der Waals surface area contributed by atoms with Crippen molar-refractivity contribution in [3.05, 3.63) is 48.5 Å². The van der Waals surface area contributed by atoms with E-state index in [0.717, 1.165) is 22.1 Å². The number of hydrogen-bond acceptors (Lipinski definition) is 2. The maximum Gasteiger partial charge on any atom is 0.0894 e. The third-order valence-electron chi connectivity index (χ3n) is 2.25. The van der Waals surface area contributed by atoms with Crippen molar-refractivity contribution in [2.45, 2.75) is 0 Å². The topological polar surface area (TPSA) is 25.8 Å². The minimum absolute atomic E-state index is 0.950. The van der Waals surface area contributed by atoms with Crippen LogP contribution in [0.4, 0.5) is 0 Å². The van der Waals surface area contributed by atoms with Gasteiger partial charge < -0.3 is 0 Å². The highest BCUT2D eigenvalue weighted by Gasteiger charge is 1.98. The van der Waals surface area contributed by atoms with E-state index < -0.39 is 0 Å². The van der Waals surface area contributed by atoms with E-state index in [1.165, 1.54) is 0 Å². The average Bonchev–Trinajstić information content (AvgIpc) is 2.38. The SMILES string of the molecule is CBr.c1ccc2nc3ccccc3nc2c1. The molecule has 0 aliphatic heterocycles. The molecule has 2 nitrogen and oxygen atoms in total. The van der Waals surface area contributed by atoms with Crippen LogP contribution < -0.4 is 0 Å². The largest absolute Gasteiger partial charge is 0.245 e. The second-order valence-electron chi connectivity index (χ2n) is 3.20. The van der Waals surface area contributed by atoms with Gasteiger partial charge in [-0.3, -0.25) is 0 Å². The molecule has 80 valence electrons. The van der Waals surface area contributed by atoms with Crippen molar-refractivity contribution in [2.24, 2.45) is 0 Å². The summed E-state index contributed by atoms with van der Waals surface area (Å²) in [5.74, 6) is 1.81. The van der Waals surface area contributed by atoms with Gasteiger partial charge in [-0.1, -0.05) is 40.2 Å². The van der Waals surface area contributed by atoms with Crippen molar-refractivity contribution < 1.29 is 0 Å². The molecular weight excluding hydrogens is 264 g/mol. The molecule has 3 rings (SSSR count). The van der Waals surface area contributed by atoms with Crippen molar-refractivity contribution in [1.82, 2.24) is 9.97 Å². The zero-order valence-corrected chi connectivity index (χ0v) is 10.5. The number of hydrogen-bond donors (Lipinski definition) is 0. The van der Waals surface area contributed by atoms with E-state index >= 15 is 0 Å². The molecule has 3 aromatic rings. The summed E-state index contributed by atoms with van der Waals surface area (Å²) >= 11 is 2.94. The summed E-state index contributed by atoms with van der Waals surface area (Å²) in [7, 11) is 0. The third kappa shape index (κ3) is 2.04. The summed E-state index contributed by atoms with van der Waals surface area (Å²) in [6.45, 7) is 0. The van der Waals surface area contributed by atoms with Crippen molar-refractivity contribution in [1.29, 1.82) is 0 Å². The Balaban J connectivity index is 0.000000457. The van der Waals surface area contributed by atoms with Crippen LogP contribution in [0, 0.1) is 0 Å². The van der Waals surface area contributed by atoms with Gasteiger partial charge in [0.05, 0.1) is 22.1 Å². The summed E-state index contributed by atoms with van der Waals surface area (Å²) in [5, 5.41) is 0. The molecule has 0 radical (unpaired) electrons. The molecule has 0 N–H and O–H groups in total. The molecular formula is C13H11BrN2. The second kappa shape index (κ2) is 5.03. The van der Waals surface area contributed by atoms with Crippen LogP contribution >= 0.6 is 15.9 Å². The molecule has 0 amide bonds. The van der Waals surface area contributed by atoms with E-state index in [1.54, 1.807) is 0 Å². The average molecular weight is 275 g/mol. The highest BCUT2D eigenvalue weighted by atomic mass is 79.9. The Kier molecular flexibility index (Phi) is 3.47. The van der Waals surface area contributed by atoms with Gasteiger partial charge in [-0.05, 0) is 30.1 Å². The van der Waals surface area contributed by atoms with Crippen LogP contribution in [-0.4, -0.2) is 15.8 Å². The first kappa shape index (κ1) is 11.0. The molecule has 2 aromatic carbocycles. The maximum atomic E-state index is 4.52. The minimum atomic E-state index is 0.950. The summed E-state index contributed by atoms with van der Waals surface area (Å²) in [4.78, 5) is 9.03. The third-order valence-corrected chi connectivity index (χ3v) is 2.25. The monoisotopic (exact) mass is 274 g/mol. The fraction of sp³-hybridized carbons (Fsp3) is 0.0769. The highest BCUT2D eigenvalue weighted by molar-refractivity contribution is 9.08. The van der Waals surface area contributed by atoms with E-state index in [4.69, 9.17) is 0 Å². The molecule has 16 heavy (non-hydrogen) atoms. The van der Waals surface area contributed by atoms with E-state index in [1.807, 2.05) is 54.4 Å². The van der Waals surface area contributed by atoms with Crippen molar-refractivity contribution >= 4 is 38.0 Å². The lowest BCUT2D eigenvalue weighted by Crippen LogP contribution is -1.85. The van der Waals surface area contributed by atoms with E-state index in [9.17, 15) is 0 Å². The Morgan fingerprint density at radius 1 is 0.625 bits per heavy atom.